The third-order valence-corrected chi connectivity index (χ3v) is 11.2. The Balaban J connectivity index is 0.898. The Hall–Kier alpha value is -5.31. The standard InChI is InChI=1S/C38H41F2N9O4/c1-22-5-3-7-28(42-22)35(51)43-32-17-24-20-48(45-29(24)18-41-32)25-11-9-23(10-12-25)19-47-16-15-27(38(39,40)21-47)26-6-4-8-30-34(26)46(2)37(53)49(30)31-13-14-33(50)44-36(31)52/h3-8,17-18,20,23,25,27,31H,9-16,19,21H2,1-2H3,(H,43,51)(H,44,50,52). The molecule has 1 aliphatic carbocycles. The number of fused-ring (bicyclic) bond motifs is 2. The lowest BCUT2D eigenvalue weighted by Crippen LogP contribution is -2.49. The van der Waals surface area contributed by atoms with Crippen molar-refractivity contribution >= 4 is 45.5 Å². The molecule has 8 rings (SSSR count). The maximum atomic E-state index is 16.1. The predicted molar refractivity (Wildman–Crippen MR) is 193 cm³/mol. The fourth-order valence-corrected chi connectivity index (χ4v) is 8.54. The van der Waals surface area contributed by atoms with E-state index < -0.39 is 29.5 Å². The zero-order chi connectivity index (χ0) is 37.0. The topological polar surface area (TPSA) is 149 Å². The molecule has 2 unspecified atom stereocenters. The number of benzene rings is 1. The van der Waals surface area contributed by atoms with E-state index in [4.69, 9.17) is 5.10 Å². The summed E-state index contributed by atoms with van der Waals surface area (Å²) in [6.07, 6.45) is 7.68. The van der Waals surface area contributed by atoms with Gasteiger partial charge in [-0.2, -0.15) is 5.10 Å². The molecular weight excluding hydrogens is 684 g/mol. The van der Waals surface area contributed by atoms with E-state index in [1.165, 1.54) is 9.13 Å². The van der Waals surface area contributed by atoms with Gasteiger partial charge in [-0.05, 0) is 87.7 Å². The Kier molecular flexibility index (Phi) is 8.91. The summed E-state index contributed by atoms with van der Waals surface area (Å²) in [4.78, 5) is 61.0. The van der Waals surface area contributed by atoms with E-state index in [1.807, 2.05) is 28.8 Å². The van der Waals surface area contributed by atoms with Crippen LogP contribution in [-0.2, 0) is 16.6 Å². The third-order valence-electron chi connectivity index (χ3n) is 11.2. The van der Waals surface area contributed by atoms with E-state index in [0.717, 1.165) is 42.3 Å². The van der Waals surface area contributed by atoms with Gasteiger partial charge in [0.1, 0.15) is 23.1 Å². The molecule has 3 amide bonds. The lowest BCUT2D eigenvalue weighted by atomic mass is 9.83. The first-order chi connectivity index (χ1) is 25.4. The van der Waals surface area contributed by atoms with Gasteiger partial charge in [0, 0.05) is 37.3 Å². The lowest BCUT2D eigenvalue weighted by Gasteiger charge is -2.41. The van der Waals surface area contributed by atoms with Gasteiger partial charge in [-0.1, -0.05) is 18.2 Å². The lowest BCUT2D eigenvalue weighted by molar-refractivity contribution is -0.135. The molecule has 13 nitrogen and oxygen atoms in total. The second-order valence-electron chi connectivity index (χ2n) is 14.8. The Morgan fingerprint density at radius 1 is 1.04 bits per heavy atom. The van der Waals surface area contributed by atoms with E-state index in [2.05, 4.69) is 20.6 Å². The third kappa shape index (κ3) is 6.62. The van der Waals surface area contributed by atoms with E-state index in [0.29, 0.717) is 41.2 Å². The summed E-state index contributed by atoms with van der Waals surface area (Å²) in [6, 6.07) is 11.4. The molecule has 0 radical (unpaired) electrons. The van der Waals surface area contributed by atoms with E-state index in [1.54, 1.807) is 49.6 Å². The fraction of sp³-hybridized carbons (Fsp3) is 0.447. The van der Waals surface area contributed by atoms with Gasteiger partial charge >= 0.3 is 5.69 Å². The number of amides is 3. The maximum Gasteiger partial charge on any atom is 0.329 e. The zero-order valence-electron chi connectivity index (χ0n) is 29.6. The van der Waals surface area contributed by atoms with Gasteiger partial charge in [0.2, 0.25) is 11.8 Å². The predicted octanol–water partition coefficient (Wildman–Crippen LogP) is 4.87. The number of nitrogens with zero attached hydrogens (tertiary/aromatic N) is 7. The number of aromatic nitrogens is 6. The molecule has 0 spiro atoms. The summed E-state index contributed by atoms with van der Waals surface area (Å²) in [7, 11) is 1.55. The molecule has 5 aromatic rings. The first-order valence-electron chi connectivity index (χ1n) is 18.2. The van der Waals surface area contributed by atoms with Crippen LogP contribution in [0.2, 0.25) is 0 Å². The number of rotatable bonds is 7. The number of carbonyl (C=O) groups excluding carboxylic acids is 3. The highest BCUT2D eigenvalue weighted by molar-refractivity contribution is 6.03. The van der Waals surface area contributed by atoms with Crippen molar-refractivity contribution in [3.63, 3.8) is 0 Å². The number of para-hydroxylation sites is 1. The minimum Gasteiger partial charge on any atom is -0.305 e. The molecule has 276 valence electrons. The number of imide groups is 1. The molecule has 53 heavy (non-hydrogen) atoms. The summed E-state index contributed by atoms with van der Waals surface area (Å²) >= 11 is 0. The van der Waals surface area contributed by atoms with Crippen molar-refractivity contribution in [1.82, 2.24) is 39.1 Å². The van der Waals surface area contributed by atoms with Gasteiger partial charge in [-0.25, -0.2) is 23.5 Å². The van der Waals surface area contributed by atoms with Gasteiger partial charge in [-0.3, -0.25) is 38.4 Å². The van der Waals surface area contributed by atoms with Crippen molar-refractivity contribution in [2.24, 2.45) is 13.0 Å². The molecule has 6 heterocycles. The number of hydrogen-bond donors (Lipinski definition) is 2. The molecule has 2 saturated heterocycles. The first kappa shape index (κ1) is 34.8. The van der Waals surface area contributed by atoms with Crippen molar-refractivity contribution in [1.29, 1.82) is 0 Å². The fourth-order valence-electron chi connectivity index (χ4n) is 8.54. The number of nitrogens with one attached hydrogen (secondary N) is 2. The van der Waals surface area contributed by atoms with Crippen LogP contribution in [0.5, 0.6) is 0 Å². The van der Waals surface area contributed by atoms with Crippen molar-refractivity contribution in [2.75, 3.05) is 25.0 Å². The van der Waals surface area contributed by atoms with Crippen molar-refractivity contribution in [3.8, 4) is 0 Å². The largest absolute Gasteiger partial charge is 0.329 e. The number of hydrogen-bond acceptors (Lipinski definition) is 8. The number of piperidine rings is 2. The number of alkyl halides is 2. The van der Waals surface area contributed by atoms with Crippen LogP contribution in [0, 0.1) is 12.8 Å². The van der Waals surface area contributed by atoms with Gasteiger partial charge in [0.05, 0.1) is 35.7 Å². The van der Waals surface area contributed by atoms with E-state index in [9.17, 15) is 19.2 Å². The van der Waals surface area contributed by atoms with Crippen LogP contribution in [0.3, 0.4) is 0 Å². The number of imidazole rings is 1. The minimum atomic E-state index is -3.03. The Bertz CT molecular complexity index is 2310. The van der Waals surface area contributed by atoms with Crippen LogP contribution in [0.1, 0.15) is 84.7 Å². The second kappa shape index (κ2) is 13.6. The number of aryl methyl sites for hydroxylation is 2. The zero-order valence-corrected chi connectivity index (χ0v) is 29.6. The average molecular weight is 726 g/mol. The number of carbonyl (C=O) groups is 3. The Labute approximate surface area is 303 Å². The summed E-state index contributed by atoms with van der Waals surface area (Å²) < 4.78 is 36.8. The van der Waals surface area contributed by atoms with Crippen LogP contribution in [0.25, 0.3) is 21.9 Å². The maximum absolute atomic E-state index is 16.1. The summed E-state index contributed by atoms with van der Waals surface area (Å²) in [6.45, 7) is 2.56. The molecule has 2 atom stereocenters. The normalized spacial score (nSPS) is 23.7. The van der Waals surface area contributed by atoms with Gasteiger partial charge in [0.15, 0.2) is 0 Å². The van der Waals surface area contributed by atoms with Gasteiger partial charge in [-0.15, -0.1) is 0 Å². The molecule has 3 fully saturated rings. The smallest absolute Gasteiger partial charge is 0.305 e. The molecule has 15 heteroatoms. The quantitative estimate of drug-likeness (QED) is 0.226. The van der Waals surface area contributed by atoms with Crippen LogP contribution < -0.4 is 16.3 Å². The highest BCUT2D eigenvalue weighted by Crippen LogP contribution is 2.44. The number of pyridine rings is 2. The SMILES string of the molecule is Cc1cccc(C(=O)Nc2cc3cn(C4CCC(CN5CCC(c6cccc7c6n(C)c(=O)n7C6CCC(=O)NC6=O)C(F)(F)C5)CC4)nc3cn2)n1. The van der Waals surface area contributed by atoms with Crippen molar-refractivity contribution < 1.29 is 23.2 Å². The molecule has 1 aromatic carbocycles. The Morgan fingerprint density at radius 3 is 2.58 bits per heavy atom. The number of halogens is 2. The molecule has 0 bridgehead atoms. The van der Waals surface area contributed by atoms with E-state index >= 15 is 8.78 Å². The highest BCUT2D eigenvalue weighted by Gasteiger charge is 2.47. The van der Waals surface area contributed by atoms with Crippen LogP contribution >= 0.6 is 0 Å². The summed E-state index contributed by atoms with van der Waals surface area (Å²) in [5.74, 6) is -4.70. The Morgan fingerprint density at radius 2 is 1.83 bits per heavy atom. The minimum absolute atomic E-state index is 0.103. The van der Waals surface area contributed by atoms with Gasteiger partial charge < -0.3 is 5.32 Å². The van der Waals surface area contributed by atoms with Crippen LogP contribution in [0.15, 0.2) is 59.7 Å². The number of anilines is 1. The first-order valence-corrected chi connectivity index (χ1v) is 18.2. The molecule has 2 aliphatic heterocycles. The molecule has 3 aliphatic rings. The highest BCUT2D eigenvalue weighted by atomic mass is 19.3. The van der Waals surface area contributed by atoms with Crippen molar-refractivity contribution in [2.45, 2.75) is 75.8 Å². The van der Waals surface area contributed by atoms with Crippen LogP contribution in [-0.4, -0.2) is 77.1 Å². The summed E-state index contributed by atoms with van der Waals surface area (Å²) in [5.41, 5.74) is 2.55. The molecule has 2 N–H and O–H groups in total. The molecule has 1 saturated carbocycles. The second-order valence-corrected chi connectivity index (χ2v) is 14.8. The van der Waals surface area contributed by atoms with E-state index in [-0.39, 0.29) is 49.6 Å². The molecule has 4 aromatic heterocycles. The monoisotopic (exact) mass is 725 g/mol. The van der Waals surface area contributed by atoms with Gasteiger partial charge in [0.25, 0.3) is 11.8 Å². The number of likely N-dealkylation sites (tertiary alicyclic amines) is 1. The summed E-state index contributed by atoms with van der Waals surface area (Å²) in [5, 5.41) is 10.7. The molecular formula is C38H41F2N9O4. The van der Waals surface area contributed by atoms with Crippen LogP contribution in [0.4, 0.5) is 14.6 Å². The average Bonchev–Trinajstić information content (AvgIpc) is 3.66. The van der Waals surface area contributed by atoms with Crippen molar-refractivity contribution in [3.05, 3.63) is 82.3 Å².